The number of thiazole rings is 1. The number of hydrogen-bond acceptors (Lipinski definition) is 5. The summed E-state index contributed by atoms with van der Waals surface area (Å²) in [5.74, 6) is -0.155. The summed E-state index contributed by atoms with van der Waals surface area (Å²) >= 11 is 1.56. The molecule has 1 aliphatic heterocycles. The summed E-state index contributed by atoms with van der Waals surface area (Å²) in [6.07, 6.45) is 3.65. The highest BCUT2D eigenvalue weighted by atomic mass is 32.1. The first-order chi connectivity index (χ1) is 6.83. The van der Waals surface area contributed by atoms with Crippen LogP contribution in [-0.2, 0) is 9.53 Å². The molecule has 0 aromatic carbocycles. The Morgan fingerprint density at radius 2 is 2.64 bits per heavy atom. The van der Waals surface area contributed by atoms with Crippen molar-refractivity contribution in [3.63, 3.8) is 0 Å². The van der Waals surface area contributed by atoms with Crippen LogP contribution in [-0.4, -0.2) is 30.6 Å². The van der Waals surface area contributed by atoms with Gasteiger partial charge in [0.15, 0.2) is 5.13 Å². The van der Waals surface area contributed by atoms with Crippen LogP contribution < -0.4 is 4.90 Å². The minimum Gasteiger partial charge on any atom is -0.467 e. The van der Waals surface area contributed by atoms with Gasteiger partial charge < -0.3 is 9.64 Å². The van der Waals surface area contributed by atoms with Gasteiger partial charge in [-0.3, -0.25) is 0 Å². The molecule has 76 valence electrons. The summed E-state index contributed by atoms with van der Waals surface area (Å²) in [5.41, 5.74) is 0. The van der Waals surface area contributed by atoms with Gasteiger partial charge in [0.25, 0.3) is 0 Å². The molecule has 0 radical (unpaired) electrons. The number of rotatable bonds is 2. The van der Waals surface area contributed by atoms with E-state index in [1.807, 2.05) is 10.3 Å². The van der Waals surface area contributed by atoms with Crippen LogP contribution in [0.25, 0.3) is 0 Å². The van der Waals surface area contributed by atoms with Crippen molar-refractivity contribution in [2.45, 2.75) is 18.9 Å². The molecule has 1 aliphatic rings. The number of aromatic nitrogens is 1. The van der Waals surface area contributed by atoms with E-state index in [0.29, 0.717) is 0 Å². The monoisotopic (exact) mass is 212 g/mol. The van der Waals surface area contributed by atoms with Crippen molar-refractivity contribution in [1.29, 1.82) is 0 Å². The van der Waals surface area contributed by atoms with E-state index < -0.39 is 0 Å². The summed E-state index contributed by atoms with van der Waals surface area (Å²) in [7, 11) is 1.43. The van der Waals surface area contributed by atoms with Crippen molar-refractivity contribution in [1.82, 2.24) is 4.98 Å². The molecular formula is C9H12N2O2S. The van der Waals surface area contributed by atoms with E-state index in [9.17, 15) is 4.79 Å². The van der Waals surface area contributed by atoms with Crippen molar-refractivity contribution in [3.05, 3.63) is 11.6 Å². The topological polar surface area (TPSA) is 42.4 Å². The molecule has 14 heavy (non-hydrogen) atoms. The Morgan fingerprint density at radius 3 is 3.29 bits per heavy atom. The van der Waals surface area contributed by atoms with E-state index in [1.54, 1.807) is 17.5 Å². The lowest BCUT2D eigenvalue weighted by molar-refractivity contribution is -0.141. The molecule has 1 aromatic rings. The molecule has 2 heterocycles. The Hall–Kier alpha value is -1.10. The molecule has 0 saturated carbocycles. The van der Waals surface area contributed by atoms with E-state index in [1.165, 1.54) is 7.11 Å². The summed E-state index contributed by atoms with van der Waals surface area (Å²) < 4.78 is 4.76. The zero-order valence-electron chi connectivity index (χ0n) is 7.97. The second kappa shape index (κ2) is 3.96. The molecule has 1 unspecified atom stereocenters. The number of methoxy groups -OCH3 is 1. The molecule has 0 aliphatic carbocycles. The van der Waals surface area contributed by atoms with Crippen LogP contribution in [0.3, 0.4) is 0 Å². The minimum atomic E-state index is -0.155. The van der Waals surface area contributed by atoms with Gasteiger partial charge in [0.05, 0.1) is 7.11 Å². The van der Waals surface area contributed by atoms with Crippen LogP contribution in [0.2, 0.25) is 0 Å². The molecule has 1 aromatic heterocycles. The van der Waals surface area contributed by atoms with Gasteiger partial charge in [-0.25, -0.2) is 9.78 Å². The predicted molar refractivity (Wildman–Crippen MR) is 54.5 cm³/mol. The third-order valence-corrected chi connectivity index (χ3v) is 3.20. The Labute approximate surface area is 86.5 Å². The summed E-state index contributed by atoms with van der Waals surface area (Å²) in [4.78, 5) is 17.7. The van der Waals surface area contributed by atoms with Crippen molar-refractivity contribution >= 4 is 22.4 Å². The van der Waals surface area contributed by atoms with Gasteiger partial charge in [0, 0.05) is 18.1 Å². The predicted octanol–water partition coefficient (Wildman–Crippen LogP) is 1.28. The molecule has 5 heteroatoms. The van der Waals surface area contributed by atoms with Crippen LogP contribution in [0.5, 0.6) is 0 Å². The van der Waals surface area contributed by atoms with E-state index in [2.05, 4.69) is 4.98 Å². The van der Waals surface area contributed by atoms with Crippen molar-refractivity contribution < 1.29 is 9.53 Å². The summed E-state index contributed by atoms with van der Waals surface area (Å²) in [6.45, 7) is 0.896. The molecular weight excluding hydrogens is 200 g/mol. The highest BCUT2D eigenvalue weighted by molar-refractivity contribution is 7.13. The zero-order valence-corrected chi connectivity index (χ0v) is 8.79. The summed E-state index contributed by atoms with van der Waals surface area (Å²) in [6, 6.07) is -0.133. The number of carbonyl (C=O) groups excluding carboxylic acids is 1. The standard InChI is InChI=1S/C9H12N2O2S/c1-13-8(12)7-3-2-5-11(7)9-10-4-6-14-9/h4,6-7H,2-3,5H2,1H3. The van der Waals surface area contributed by atoms with Gasteiger partial charge in [-0.2, -0.15) is 0 Å². The Kier molecular flexibility index (Phi) is 2.67. The highest BCUT2D eigenvalue weighted by Gasteiger charge is 2.32. The third kappa shape index (κ3) is 1.59. The third-order valence-electron chi connectivity index (χ3n) is 2.39. The average Bonchev–Trinajstić information content (AvgIpc) is 2.85. The number of esters is 1. The minimum absolute atomic E-state index is 0.133. The second-order valence-corrected chi connectivity index (χ2v) is 4.06. The Morgan fingerprint density at radius 1 is 1.79 bits per heavy atom. The fourth-order valence-electron chi connectivity index (χ4n) is 1.73. The van der Waals surface area contributed by atoms with E-state index in [-0.39, 0.29) is 12.0 Å². The SMILES string of the molecule is COC(=O)C1CCCN1c1nccs1. The first-order valence-corrected chi connectivity index (χ1v) is 5.45. The molecule has 1 saturated heterocycles. The number of carbonyl (C=O) groups is 1. The molecule has 4 nitrogen and oxygen atoms in total. The van der Waals surface area contributed by atoms with Gasteiger partial charge in [-0.1, -0.05) is 0 Å². The number of hydrogen-bond donors (Lipinski definition) is 0. The first-order valence-electron chi connectivity index (χ1n) is 4.57. The highest BCUT2D eigenvalue weighted by Crippen LogP contribution is 2.27. The number of ether oxygens (including phenoxy) is 1. The quantitative estimate of drug-likeness (QED) is 0.693. The van der Waals surface area contributed by atoms with E-state index >= 15 is 0 Å². The maximum atomic E-state index is 11.4. The smallest absolute Gasteiger partial charge is 0.328 e. The lowest BCUT2D eigenvalue weighted by Crippen LogP contribution is -2.36. The second-order valence-electron chi connectivity index (χ2n) is 3.19. The fourth-order valence-corrected chi connectivity index (χ4v) is 2.45. The molecule has 0 N–H and O–H groups in total. The molecule has 0 amide bonds. The van der Waals surface area contributed by atoms with E-state index in [0.717, 1.165) is 24.5 Å². The van der Waals surface area contributed by atoms with Crippen LogP contribution >= 0.6 is 11.3 Å². The van der Waals surface area contributed by atoms with Crippen LogP contribution in [0.4, 0.5) is 5.13 Å². The lowest BCUT2D eigenvalue weighted by atomic mass is 10.2. The largest absolute Gasteiger partial charge is 0.467 e. The van der Waals surface area contributed by atoms with Gasteiger partial charge in [-0.15, -0.1) is 11.3 Å². The maximum absolute atomic E-state index is 11.4. The van der Waals surface area contributed by atoms with Gasteiger partial charge >= 0.3 is 5.97 Å². The van der Waals surface area contributed by atoms with Gasteiger partial charge in [0.2, 0.25) is 0 Å². The van der Waals surface area contributed by atoms with Crippen LogP contribution in [0.1, 0.15) is 12.8 Å². The fraction of sp³-hybridized carbons (Fsp3) is 0.556. The molecule has 0 spiro atoms. The van der Waals surface area contributed by atoms with E-state index in [4.69, 9.17) is 4.74 Å². The molecule has 0 bridgehead atoms. The van der Waals surface area contributed by atoms with Crippen molar-refractivity contribution in [3.8, 4) is 0 Å². The van der Waals surface area contributed by atoms with Gasteiger partial charge in [0.1, 0.15) is 6.04 Å². The van der Waals surface area contributed by atoms with Crippen LogP contribution in [0.15, 0.2) is 11.6 Å². The zero-order chi connectivity index (χ0) is 9.97. The Balaban J connectivity index is 2.15. The van der Waals surface area contributed by atoms with Crippen molar-refractivity contribution in [2.75, 3.05) is 18.6 Å². The maximum Gasteiger partial charge on any atom is 0.328 e. The number of anilines is 1. The summed E-state index contributed by atoms with van der Waals surface area (Å²) in [5, 5.41) is 2.83. The average molecular weight is 212 g/mol. The lowest BCUT2D eigenvalue weighted by Gasteiger charge is -2.21. The molecule has 1 fully saturated rings. The number of nitrogens with zero attached hydrogens (tertiary/aromatic N) is 2. The van der Waals surface area contributed by atoms with Gasteiger partial charge in [-0.05, 0) is 12.8 Å². The van der Waals surface area contributed by atoms with Crippen molar-refractivity contribution in [2.24, 2.45) is 0 Å². The molecule has 1 atom stereocenters. The van der Waals surface area contributed by atoms with Crippen LogP contribution in [0, 0.1) is 0 Å². The Bertz CT molecular complexity index is 313. The first kappa shape index (κ1) is 9.45. The normalized spacial score (nSPS) is 21.2. The molecule has 2 rings (SSSR count).